The molecule has 2 N–H and O–H groups in total. The molecule has 1 saturated carbocycles. The standard InChI is InChI=1S/C14H17N5O/c20-14(6-8-15-11-2-3-11)18-12-4-5-13(16-10-12)19-9-1-7-17-19/h1,4-5,7,9-11,15H,2-3,6,8H2,(H,18,20). The van der Waals surface area contributed by atoms with Gasteiger partial charge in [0, 0.05) is 31.4 Å². The first-order valence-corrected chi connectivity index (χ1v) is 6.80. The van der Waals surface area contributed by atoms with Crippen LogP contribution in [0.5, 0.6) is 0 Å². The molecule has 2 aromatic rings. The second-order valence-corrected chi connectivity index (χ2v) is 4.88. The average Bonchev–Trinajstić information content (AvgIpc) is 3.11. The van der Waals surface area contributed by atoms with E-state index < -0.39 is 0 Å². The molecule has 1 amide bonds. The SMILES string of the molecule is O=C(CCNC1CC1)Nc1ccc(-n2cccn2)nc1. The molecule has 0 radical (unpaired) electrons. The van der Waals surface area contributed by atoms with Gasteiger partial charge >= 0.3 is 0 Å². The zero-order chi connectivity index (χ0) is 13.8. The van der Waals surface area contributed by atoms with Crippen molar-refractivity contribution in [3.63, 3.8) is 0 Å². The molecule has 0 aromatic carbocycles. The van der Waals surface area contributed by atoms with Crippen molar-refractivity contribution in [1.29, 1.82) is 0 Å². The lowest BCUT2D eigenvalue weighted by atomic mass is 10.3. The second-order valence-electron chi connectivity index (χ2n) is 4.88. The fourth-order valence-corrected chi connectivity index (χ4v) is 1.90. The predicted molar refractivity (Wildman–Crippen MR) is 75.6 cm³/mol. The number of carbonyl (C=O) groups excluding carboxylic acids is 1. The first kappa shape index (κ1) is 12.8. The molecule has 0 aliphatic heterocycles. The van der Waals surface area contributed by atoms with Gasteiger partial charge in [-0.3, -0.25) is 4.79 Å². The summed E-state index contributed by atoms with van der Waals surface area (Å²) in [6.07, 6.45) is 8.12. The number of nitrogens with one attached hydrogen (secondary N) is 2. The highest BCUT2D eigenvalue weighted by atomic mass is 16.1. The number of hydrogen-bond donors (Lipinski definition) is 2. The van der Waals surface area contributed by atoms with Gasteiger partial charge in [0.15, 0.2) is 5.82 Å². The van der Waals surface area contributed by atoms with E-state index in [1.807, 2.05) is 24.4 Å². The zero-order valence-corrected chi connectivity index (χ0v) is 11.1. The van der Waals surface area contributed by atoms with Gasteiger partial charge in [0.1, 0.15) is 0 Å². The van der Waals surface area contributed by atoms with Crippen molar-refractivity contribution in [1.82, 2.24) is 20.1 Å². The molecule has 0 unspecified atom stereocenters. The van der Waals surface area contributed by atoms with Crippen LogP contribution < -0.4 is 10.6 Å². The Labute approximate surface area is 117 Å². The molecule has 2 aromatic heterocycles. The number of anilines is 1. The van der Waals surface area contributed by atoms with E-state index in [1.54, 1.807) is 17.1 Å². The number of nitrogens with zero attached hydrogens (tertiary/aromatic N) is 3. The van der Waals surface area contributed by atoms with Crippen LogP contribution in [0, 0.1) is 0 Å². The quantitative estimate of drug-likeness (QED) is 0.832. The third-order valence-electron chi connectivity index (χ3n) is 3.13. The highest BCUT2D eigenvalue weighted by Gasteiger charge is 2.20. The van der Waals surface area contributed by atoms with Gasteiger partial charge in [0.05, 0.1) is 11.9 Å². The maximum absolute atomic E-state index is 11.7. The Morgan fingerprint density at radius 1 is 1.40 bits per heavy atom. The summed E-state index contributed by atoms with van der Waals surface area (Å²) in [7, 11) is 0. The van der Waals surface area contributed by atoms with Gasteiger partial charge in [-0.15, -0.1) is 0 Å². The van der Waals surface area contributed by atoms with Crippen molar-refractivity contribution >= 4 is 11.6 Å². The number of pyridine rings is 1. The first-order valence-electron chi connectivity index (χ1n) is 6.80. The molecular formula is C14H17N5O. The van der Waals surface area contributed by atoms with Gasteiger partial charge in [-0.05, 0) is 31.0 Å². The zero-order valence-electron chi connectivity index (χ0n) is 11.1. The van der Waals surface area contributed by atoms with Crippen LogP contribution in [0.4, 0.5) is 5.69 Å². The third-order valence-corrected chi connectivity index (χ3v) is 3.13. The Morgan fingerprint density at radius 2 is 2.30 bits per heavy atom. The minimum absolute atomic E-state index is 0.00629. The Hall–Kier alpha value is -2.21. The van der Waals surface area contributed by atoms with Crippen LogP contribution in [0.2, 0.25) is 0 Å². The van der Waals surface area contributed by atoms with Crippen molar-refractivity contribution < 1.29 is 4.79 Å². The lowest BCUT2D eigenvalue weighted by molar-refractivity contribution is -0.116. The van der Waals surface area contributed by atoms with Crippen LogP contribution >= 0.6 is 0 Å². The van der Waals surface area contributed by atoms with Crippen LogP contribution in [0.1, 0.15) is 19.3 Å². The number of rotatable bonds is 6. The molecule has 0 saturated heterocycles. The smallest absolute Gasteiger partial charge is 0.225 e. The van der Waals surface area contributed by atoms with Gasteiger partial charge < -0.3 is 10.6 Å². The molecule has 0 atom stereocenters. The summed E-state index contributed by atoms with van der Waals surface area (Å²) in [6, 6.07) is 6.13. The van der Waals surface area contributed by atoms with Gasteiger partial charge in [0.25, 0.3) is 0 Å². The van der Waals surface area contributed by atoms with Crippen molar-refractivity contribution in [3.05, 3.63) is 36.8 Å². The van der Waals surface area contributed by atoms with E-state index in [9.17, 15) is 4.79 Å². The molecular weight excluding hydrogens is 254 g/mol. The normalized spacial score (nSPS) is 14.2. The van der Waals surface area contributed by atoms with Crippen molar-refractivity contribution in [2.24, 2.45) is 0 Å². The van der Waals surface area contributed by atoms with E-state index in [4.69, 9.17) is 0 Å². The van der Waals surface area contributed by atoms with Crippen LogP contribution in [-0.2, 0) is 4.79 Å². The topological polar surface area (TPSA) is 71.8 Å². The lowest BCUT2D eigenvalue weighted by Crippen LogP contribution is -2.23. The number of hydrogen-bond acceptors (Lipinski definition) is 4. The maximum Gasteiger partial charge on any atom is 0.225 e. The molecule has 0 spiro atoms. The molecule has 1 aliphatic rings. The highest BCUT2D eigenvalue weighted by Crippen LogP contribution is 2.18. The summed E-state index contributed by atoms with van der Waals surface area (Å²) < 4.78 is 1.67. The molecule has 104 valence electrons. The van der Waals surface area contributed by atoms with Gasteiger partial charge in [-0.2, -0.15) is 5.10 Å². The average molecular weight is 271 g/mol. The summed E-state index contributed by atoms with van der Waals surface area (Å²) in [5.74, 6) is 0.732. The van der Waals surface area contributed by atoms with E-state index in [2.05, 4.69) is 20.7 Å². The Morgan fingerprint density at radius 3 is 2.95 bits per heavy atom. The molecule has 1 fully saturated rings. The lowest BCUT2D eigenvalue weighted by Gasteiger charge is -2.06. The molecule has 3 rings (SSSR count). The monoisotopic (exact) mass is 271 g/mol. The number of aromatic nitrogens is 3. The van der Waals surface area contributed by atoms with E-state index in [1.165, 1.54) is 12.8 Å². The van der Waals surface area contributed by atoms with Crippen LogP contribution in [-0.4, -0.2) is 33.3 Å². The first-order chi connectivity index (χ1) is 9.81. The molecule has 20 heavy (non-hydrogen) atoms. The second kappa shape index (κ2) is 5.83. The maximum atomic E-state index is 11.7. The summed E-state index contributed by atoms with van der Waals surface area (Å²) in [6.45, 7) is 0.731. The summed E-state index contributed by atoms with van der Waals surface area (Å²) in [5, 5.41) is 10.2. The Bertz CT molecular complexity index is 560. The third kappa shape index (κ3) is 3.42. The van der Waals surface area contributed by atoms with E-state index >= 15 is 0 Å². The highest BCUT2D eigenvalue weighted by molar-refractivity contribution is 5.90. The van der Waals surface area contributed by atoms with Crippen molar-refractivity contribution in [2.75, 3.05) is 11.9 Å². The Kier molecular flexibility index (Phi) is 3.73. The number of amides is 1. The molecule has 2 heterocycles. The summed E-state index contributed by atoms with van der Waals surface area (Å²) in [5.41, 5.74) is 0.706. The molecule has 1 aliphatic carbocycles. The van der Waals surface area contributed by atoms with Gasteiger partial charge in [0.2, 0.25) is 5.91 Å². The number of carbonyl (C=O) groups is 1. The van der Waals surface area contributed by atoms with Gasteiger partial charge in [-0.25, -0.2) is 9.67 Å². The fraction of sp³-hybridized carbons (Fsp3) is 0.357. The Balaban J connectivity index is 1.50. The summed E-state index contributed by atoms with van der Waals surface area (Å²) >= 11 is 0. The van der Waals surface area contributed by atoms with Crippen molar-refractivity contribution in [3.8, 4) is 5.82 Å². The molecule has 6 nitrogen and oxygen atoms in total. The van der Waals surface area contributed by atoms with Crippen LogP contribution in [0.3, 0.4) is 0 Å². The van der Waals surface area contributed by atoms with E-state index in [-0.39, 0.29) is 5.91 Å². The minimum Gasteiger partial charge on any atom is -0.325 e. The van der Waals surface area contributed by atoms with E-state index in [0.29, 0.717) is 18.2 Å². The summed E-state index contributed by atoms with van der Waals surface area (Å²) in [4.78, 5) is 16.0. The fourth-order valence-electron chi connectivity index (χ4n) is 1.90. The van der Waals surface area contributed by atoms with Crippen molar-refractivity contribution in [2.45, 2.75) is 25.3 Å². The van der Waals surface area contributed by atoms with Crippen LogP contribution in [0.15, 0.2) is 36.8 Å². The van der Waals surface area contributed by atoms with Gasteiger partial charge in [-0.1, -0.05) is 0 Å². The predicted octanol–water partition coefficient (Wildman–Crippen LogP) is 1.35. The van der Waals surface area contributed by atoms with Crippen LogP contribution in [0.25, 0.3) is 5.82 Å². The van der Waals surface area contributed by atoms with E-state index in [0.717, 1.165) is 12.4 Å². The largest absolute Gasteiger partial charge is 0.325 e. The minimum atomic E-state index is 0.00629. The molecule has 0 bridgehead atoms. The molecule has 6 heteroatoms.